The lowest BCUT2D eigenvalue weighted by Gasteiger charge is -2.16. The van der Waals surface area contributed by atoms with Gasteiger partial charge in [0.2, 0.25) is 5.91 Å². The van der Waals surface area contributed by atoms with Crippen molar-refractivity contribution in [3.05, 3.63) is 18.3 Å². The van der Waals surface area contributed by atoms with E-state index in [0.29, 0.717) is 0 Å². The van der Waals surface area contributed by atoms with Crippen molar-refractivity contribution in [1.82, 2.24) is 4.98 Å². The Morgan fingerprint density at radius 1 is 1.44 bits per heavy atom. The van der Waals surface area contributed by atoms with Crippen LogP contribution in [0.5, 0.6) is 0 Å². The maximum Gasteiger partial charge on any atom is 0.227 e. The van der Waals surface area contributed by atoms with Crippen LogP contribution in [-0.4, -0.2) is 24.0 Å². The number of hydrogen-bond acceptors (Lipinski definition) is 3. The third-order valence-electron chi connectivity index (χ3n) is 3.51. The quantitative estimate of drug-likeness (QED) is 0.889. The van der Waals surface area contributed by atoms with Crippen LogP contribution in [0.1, 0.15) is 33.1 Å². The van der Waals surface area contributed by atoms with Crippen LogP contribution >= 0.6 is 0 Å². The molecule has 4 heteroatoms. The van der Waals surface area contributed by atoms with Gasteiger partial charge in [0.25, 0.3) is 0 Å². The molecular weight excluding hydrogens is 226 g/mol. The van der Waals surface area contributed by atoms with Crippen LogP contribution in [0.15, 0.2) is 18.3 Å². The van der Waals surface area contributed by atoms with Crippen LogP contribution in [0.2, 0.25) is 0 Å². The lowest BCUT2D eigenvalue weighted by molar-refractivity contribution is -0.119. The van der Waals surface area contributed by atoms with E-state index in [1.165, 1.54) is 12.8 Å². The number of nitrogens with zero attached hydrogens (tertiary/aromatic N) is 2. The zero-order valence-electron chi connectivity index (χ0n) is 11.1. The number of nitrogens with one attached hydrogen (secondary N) is 1. The Labute approximate surface area is 108 Å². The number of rotatable bonds is 4. The summed E-state index contributed by atoms with van der Waals surface area (Å²) < 4.78 is 0. The molecule has 98 valence electrons. The minimum Gasteiger partial charge on any atom is -0.357 e. The highest BCUT2D eigenvalue weighted by atomic mass is 16.1. The van der Waals surface area contributed by atoms with Gasteiger partial charge in [-0.15, -0.1) is 0 Å². The molecule has 1 aliphatic rings. The van der Waals surface area contributed by atoms with Crippen LogP contribution in [0, 0.1) is 5.92 Å². The van der Waals surface area contributed by atoms with Crippen LogP contribution in [0.3, 0.4) is 0 Å². The van der Waals surface area contributed by atoms with Crippen LogP contribution < -0.4 is 10.2 Å². The second-order valence-electron chi connectivity index (χ2n) is 4.90. The summed E-state index contributed by atoms with van der Waals surface area (Å²) in [6.45, 7) is 6.12. The molecule has 0 aliphatic carbocycles. The summed E-state index contributed by atoms with van der Waals surface area (Å²) in [5, 5.41) is 2.89. The van der Waals surface area contributed by atoms with Crippen LogP contribution in [0.4, 0.5) is 11.5 Å². The number of aromatic nitrogens is 1. The Bertz CT molecular complexity index is 396. The monoisotopic (exact) mass is 247 g/mol. The second kappa shape index (κ2) is 5.85. The van der Waals surface area contributed by atoms with Crippen molar-refractivity contribution >= 4 is 17.4 Å². The summed E-state index contributed by atoms with van der Waals surface area (Å²) in [7, 11) is 0. The zero-order chi connectivity index (χ0) is 13.0. The van der Waals surface area contributed by atoms with Crippen molar-refractivity contribution in [3.8, 4) is 0 Å². The van der Waals surface area contributed by atoms with E-state index >= 15 is 0 Å². The minimum atomic E-state index is 0.0447. The maximum absolute atomic E-state index is 11.7. The lowest BCUT2D eigenvalue weighted by atomic mass is 10.1. The highest BCUT2D eigenvalue weighted by Gasteiger charge is 2.14. The van der Waals surface area contributed by atoms with Gasteiger partial charge >= 0.3 is 0 Å². The van der Waals surface area contributed by atoms with Gasteiger partial charge in [0.1, 0.15) is 5.82 Å². The molecule has 2 rings (SSSR count). The summed E-state index contributed by atoms with van der Waals surface area (Å²) >= 11 is 0. The third-order valence-corrected chi connectivity index (χ3v) is 3.51. The van der Waals surface area contributed by atoms with Crippen molar-refractivity contribution in [2.24, 2.45) is 5.92 Å². The van der Waals surface area contributed by atoms with E-state index in [1.54, 1.807) is 6.20 Å². The molecule has 1 saturated heterocycles. The zero-order valence-corrected chi connectivity index (χ0v) is 11.1. The molecule has 1 fully saturated rings. The molecule has 18 heavy (non-hydrogen) atoms. The largest absolute Gasteiger partial charge is 0.357 e. The SMILES string of the molecule is CC[C@H](C)C(=O)Nc1ccc(N2CCCC2)nc1. The van der Waals surface area contributed by atoms with Gasteiger partial charge in [0, 0.05) is 19.0 Å². The Balaban J connectivity index is 1.97. The number of carbonyl (C=O) groups excluding carboxylic acids is 1. The molecule has 4 nitrogen and oxygen atoms in total. The molecule has 0 saturated carbocycles. The Morgan fingerprint density at radius 2 is 2.17 bits per heavy atom. The molecule has 2 heterocycles. The van der Waals surface area contributed by atoms with E-state index in [1.807, 2.05) is 26.0 Å². The predicted molar refractivity (Wildman–Crippen MR) is 73.8 cm³/mol. The summed E-state index contributed by atoms with van der Waals surface area (Å²) in [5.41, 5.74) is 0.781. The Morgan fingerprint density at radius 3 is 2.72 bits per heavy atom. The van der Waals surface area contributed by atoms with Crippen molar-refractivity contribution in [2.75, 3.05) is 23.3 Å². The van der Waals surface area contributed by atoms with Crippen molar-refractivity contribution in [2.45, 2.75) is 33.1 Å². The van der Waals surface area contributed by atoms with E-state index in [2.05, 4.69) is 15.2 Å². The van der Waals surface area contributed by atoms with Crippen molar-refractivity contribution in [1.29, 1.82) is 0 Å². The average molecular weight is 247 g/mol. The van der Waals surface area contributed by atoms with Crippen molar-refractivity contribution in [3.63, 3.8) is 0 Å². The molecule has 0 spiro atoms. The number of hydrogen-bond donors (Lipinski definition) is 1. The number of pyridine rings is 1. The first kappa shape index (κ1) is 12.9. The topological polar surface area (TPSA) is 45.2 Å². The molecule has 1 aromatic heterocycles. The van der Waals surface area contributed by atoms with Gasteiger partial charge in [-0.2, -0.15) is 0 Å². The molecule has 1 N–H and O–H groups in total. The molecule has 1 amide bonds. The third kappa shape index (κ3) is 3.00. The van der Waals surface area contributed by atoms with Gasteiger partial charge in [-0.25, -0.2) is 4.98 Å². The van der Waals surface area contributed by atoms with E-state index in [0.717, 1.165) is 31.0 Å². The van der Waals surface area contributed by atoms with Crippen LogP contribution in [-0.2, 0) is 4.79 Å². The molecular formula is C14H21N3O. The number of carbonyl (C=O) groups is 1. The lowest BCUT2D eigenvalue weighted by Crippen LogP contribution is -2.21. The summed E-state index contributed by atoms with van der Waals surface area (Å²) in [6.07, 6.45) is 5.08. The minimum absolute atomic E-state index is 0.0447. The summed E-state index contributed by atoms with van der Waals surface area (Å²) in [5.74, 6) is 1.12. The first-order chi connectivity index (χ1) is 8.70. The Hall–Kier alpha value is -1.58. The molecule has 0 radical (unpaired) electrons. The number of anilines is 2. The Kier molecular flexibility index (Phi) is 4.18. The fourth-order valence-corrected chi connectivity index (χ4v) is 2.04. The second-order valence-corrected chi connectivity index (χ2v) is 4.90. The molecule has 0 aromatic carbocycles. The van der Waals surface area contributed by atoms with E-state index in [4.69, 9.17) is 0 Å². The molecule has 0 bridgehead atoms. The van der Waals surface area contributed by atoms with Gasteiger partial charge in [0.15, 0.2) is 0 Å². The van der Waals surface area contributed by atoms with Crippen molar-refractivity contribution < 1.29 is 4.79 Å². The molecule has 1 aliphatic heterocycles. The standard InChI is InChI=1S/C14H21N3O/c1-3-11(2)14(18)16-12-6-7-13(15-10-12)17-8-4-5-9-17/h6-7,10-11H,3-5,8-9H2,1-2H3,(H,16,18)/t11-/m0/s1. The van der Waals surface area contributed by atoms with E-state index < -0.39 is 0 Å². The van der Waals surface area contributed by atoms with Gasteiger partial charge in [0.05, 0.1) is 11.9 Å². The highest BCUT2D eigenvalue weighted by Crippen LogP contribution is 2.19. The maximum atomic E-state index is 11.7. The number of amides is 1. The molecule has 0 unspecified atom stereocenters. The van der Waals surface area contributed by atoms with E-state index in [9.17, 15) is 4.79 Å². The summed E-state index contributed by atoms with van der Waals surface area (Å²) in [4.78, 5) is 18.4. The first-order valence-electron chi connectivity index (χ1n) is 6.72. The predicted octanol–water partition coefficient (Wildman–Crippen LogP) is 2.67. The van der Waals surface area contributed by atoms with Crippen LogP contribution in [0.25, 0.3) is 0 Å². The average Bonchev–Trinajstić information content (AvgIpc) is 2.92. The smallest absolute Gasteiger partial charge is 0.227 e. The first-order valence-corrected chi connectivity index (χ1v) is 6.72. The normalized spacial score (nSPS) is 16.7. The molecule has 1 atom stereocenters. The van der Waals surface area contributed by atoms with Gasteiger partial charge in [-0.1, -0.05) is 13.8 Å². The fraction of sp³-hybridized carbons (Fsp3) is 0.571. The van der Waals surface area contributed by atoms with Gasteiger partial charge < -0.3 is 10.2 Å². The fourth-order valence-electron chi connectivity index (χ4n) is 2.04. The van der Waals surface area contributed by atoms with E-state index in [-0.39, 0.29) is 11.8 Å². The summed E-state index contributed by atoms with van der Waals surface area (Å²) in [6, 6.07) is 3.92. The highest BCUT2D eigenvalue weighted by molar-refractivity contribution is 5.92. The van der Waals surface area contributed by atoms with Gasteiger partial charge in [-0.3, -0.25) is 4.79 Å². The van der Waals surface area contributed by atoms with Gasteiger partial charge in [-0.05, 0) is 31.4 Å². The molecule has 1 aromatic rings.